The summed E-state index contributed by atoms with van der Waals surface area (Å²) in [5.74, 6) is 0.271. The number of nitro groups is 1. The number of guanidine groups is 1. The number of halogens is 1. The summed E-state index contributed by atoms with van der Waals surface area (Å²) in [5, 5.41) is 14.1. The second kappa shape index (κ2) is 7.24. The maximum atomic E-state index is 10.7. The fraction of sp³-hybridized carbons (Fsp3) is 0.462. The zero-order valence-corrected chi connectivity index (χ0v) is 12.2. The van der Waals surface area contributed by atoms with E-state index >= 15 is 0 Å². The first kappa shape index (κ1) is 15.5. The fourth-order valence-corrected chi connectivity index (χ4v) is 2.22. The van der Waals surface area contributed by atoms with E-state index < -0.39 is 4.92 Å². The molecule has 2 rings (SSSR count). The van der Waals surface area contributed by atoms with E-state index in [0.717, 1.165) is 19.4 Å². The molecule has 1 fully saturated rings. The molecule has 3 N–H and O–H groups in total. The summed E-state index contributed by atoms with van der Waals surface area (Å²) in [6, 6.07) is 4.24. The van der Waals surface area contributed by atoms with E-state index in [9.17, 15) is 10.1 Å². The van der Waals surface area contributed by atoms with Crippen molar-refractivity contribution in [3.05, 3.63) is 38.9 Å². The first-order valence-corrected chi connectivity index (χ1v) is 7.02. The van der Waals surface area contributed by atoms with Crippen LogP contribution in [-0.4, -0.2) is 30.1 Å². The van der Waals surface area contributed by atoms with Gasteiger partial charge in [0, 0.05) is 30.3 Å². The predicted molar refractivity (Wildman–Crippen MR) is 80.4 cm³/mol. The van der Waals surface area contributed by atoms with Crippen LogP contribution in [0.5, 0.6) is 0 Å². The molecule has 114 valence electrons. The number of hydrogen-bond acceptors (Lipinski definition) is 4. The number of hydrogen-bond donors (Lipinski definition) is 2. The molecule has 0 bridgehead atoms. The number of ether oxygens (including phenoxy) is 1. The molecule has 21 heavy (non-hydrogen) atoms. The Kier molecular flexibility index (Phi) is 5.35. The number of nitrogens with one attached hydrogen (secondary N) is 1. The Bertz CT molecular complexity index is 544. The lowest BCUT2D eigenvalue weighted by molar-refractivity contribution is -0.384. The average Bonchev–Trinajstić information content (AvgIpc) is 2.97. The van der Waals surface area contributed by atoms with Crippen LogP contribution in [0.25, 0.3) is 0 Å². The summed E-state index contributed by atoms with van der Waals surface area (Å²) < 4.78 is 5.46. The molecule has 8 heteroatoms. The second-order valence-electron chi connectivity index (χ2n) is 4.75. The van der Waals surface area contributed by atoms with Crippen molar-refractivity contribution < 1.29 is 9.66 Å². The van der Waals surface area contributed by atoms with Crippen LogP contribution in [0.4, 0.5) is 5.69 Å². The predicted octanol–water partition coefficient (Wildman–Crippen LogP) is 1.83. The zero-order valence-electron chi connectivity index (χ0n) is 11.4. The van der Waals surface area contributed by atoms with Crippen LogP contribution >= 0.6 is 11.6 Å². The zero-order chi connectivity index (χ0) is 15.2. The van der Waals surface area contributed by atoms with Gasteiger partial charge < -0.3 is 15.8 Å². The highest BCUT2D eigenvalue weighted by Gasteiger charge is 2.15. The normalized spacial score (nSPS) is 18.7. The van der Waals surface area contributed by atoms with Crippen molar-refractivity contribution in [3.63, 3.8) is 0 Å². The summed E-state index contributed by atoms with van der Waals surface area (Å²) in [7, 11) is 0. The Balaban J connectivity index is 1.92. The van der Waals surface area contributed by atoms with E-state index in [-0.39, 0.29) is 24.3 Å². The van der Waals surface area contributed by atoms with Gasteiger partial charge in [-0.15, -0.1) is 0 Å². The molecular formula is C13H17ClN4O3. The molecule has 0 spiro atoms. The highest BCUT2D eigenvalue weighted by Crippen LogP contribution is 2.22. The van der Waals surface area contributed by atoms with E-state index in [0.29, 0.717) is 17.1 Å². The number of aliphatic imine (C=N–C) groups is 1. The number of nitrogens with two attached hydrogens (primary N) is 1. The van der Waals surface area contributed by atoms with Crippen LogP contribution in [0.15, 0.2) is 23.2 Å². The molecule has 1 atom stereocenters. The Morgan fingerprint density at radius 3 is 3.10 bits per heavy atom. The van der Waals surface area contributed by atoms with Crippen molar-refractivity contribution in [2.24, 2.45) is 10.7 Å². The maximum Gasteiger partial charge on any atom is 0.269 e. The largest absolute Gasteiger partial charge is 0.376 e. The highest BCUT2D eigenvalue weighted by atomic mass is 35.5. The minimum Gasteiger partial charge on any atom is -0.376 e. The molecule has 7 nitrogen and oxygen atoms in total. The van der Waals surface area contributed by atoms with Crippen molar-refractivity contribution in [2.75, 3.05) is 13.2 Å². The first-order chi connectivity index (χ1) is 10.1. The van der Waals surface area contributed by atoms with Crippen LogP contribution in [0, 0.1) is 10.1 Å². The maximum absolute atomic E-state index is 10.7. The number of benzene rings is 1. The third-order valence-electron chi connectivity index (χ3n) is 3.19. The summed E-state index contributed by atoms with van der Waals surface area (Å²) in [4.78, 5) is 14.4. The van der Waals surface area contributed by atoms with E-state index in [1.807, 2.05) is 0 Å². The summed E-state index contributed by atoms with van der Waals surface area (Å²) >= 11 is 5.99. The molecule has 1 unspecified atom stereocenters. The number of nitro benzene ring substituents is 1. The van der Waals surface area contributed by atoms with Crippen LogP contribution in [0.1, 0.15) is 18.4 Å². The second-order valence-corrected chi connectivity index (χ2v) is 5.16. The molecule has 1 aromatic carbocycles. The van der Waals surface area contributed by atoms with Crippen molar-refractivity contribution >= 4 is 23.2 Å². The molecule has 0 aliphatic carbocycles. The van der Waals surface area contributed by atoms with Gasteiger partial charge in [0.2, 0.25) is 0 Å². The summed E-state index contributed by atoms with van der Waals surface area (Å²) in [6.07, 6.45) is 2.24. The van der Waals surface area contributed by atoms with E-state index in [4.69, 9.17) is 22.1 Å². The van der Waals surface area contributed by atoms with Gasteiger partial charge in [0.1, 0.15) is 0 Å². The third-order valence-corrected chi connectivity index (χ3v) is 3.56. The Hall–Kier alpha value is -1.86. The lowest BCUT2D eigenvalue weighted by Crippen LogP contribution is -2.37. The number of non-ortho nitro benzene ring substituents is 1. The molecule has 0 saturated carbocycles. The van der Waals surface area contributed by atoms with Gasteiger partial charge in [-0.25, -0.2) is 4.99 Å². The minimum atomic E-state index is -0.470. The monoisotopic (exact) mass is 312 g/mol. The van der Waals surface area contributed by atoms with Gasteiger partial charge in [0.05, 0.1) is 17.6 Å². The van der Waals surface area contributed by atoms with E-state index in [1.54, 1.807) is 0 Å². The van der Waals surface area contributed by atoms with Crippen LogP contribution in [0.3, 0.4) is 0 Å². The van der Waals surface area contributed by atoms with Crippen LogP contribution in [-0.2, 0) is 11.3 Å². The van der Waals surface area contributed by atoms with E-state index in [2.05, 4.69) is 10.3 Å². The smallest absolute Gasteiger partial charge is 0.269 e. The molecule has 1 aromatic rings. The third kappa shape index (κ3) is 4.57. The molecule has 1 saturated heterocycles. The molecule has 1 heterocycles. The fourth-order valence-electron chi connectivity index (χ4n) is 2.05. The first-order valence-electron chi connectivity index (χ1n) is 6.64. The standard InChI is InChI=1S/C13H17ClN4O3/c14-12-4-3-10(18(19)20)6-9(12)7-16-13(15)17-8-11-2-1-5-21-11/h3-4,6,11H,1-2,5,7-8H2,(H3,15,16,17). The van der Waals surface area contributed by atoms with E-state index in [1.165, 1.54) is 18.2 Å². The Labute approximate surface area is 127 Å². The lowest BCUT2D eigenvalue weighted by Gasteiger charge is -2.11. The van der Waals surface area contributed by atoms with Crippen LogP contribution < -0.4 is 11.1 Å². The van der Waals surface area contributed by atoms with Crippen molar-refractivity contribution in [1.82, 2.24) is 5.32 Å². The van der Waals surface area contributed by atoms with Gasteiger partial charge in [0.15, 0.2) is 5.96 Å². The highest BCUT2D eigenvalue weighted by molar-refractivity contribution is 6.31. The van der Waals surface area contributed by atoms with Crippen molar-refractivity contribution in [1.29, 1.82) is 0 Å². The van der Waals surface area contributed by atoms with Gasteiger partial charge in [-0.1, -0.05) is 11.6 Å². The van der Waals surface area contributed by atoms with Gasteiger partial charge in [0.25, 0.3) is 5.69 Å². The Morgan fingerprint density at radius 1 is 1.62 bits per heavy atom. The number of rotatable bonds is 5. The molecule has 1 aliphatic heterocycles. The topological polar surface area (TPSA) is 103 Å². The number of nitrogens with zero attached hydrogens (tertiary/aromatic N) is 2. The summed E-state index contributed by atoms with van der Waals surface area (Å²) in [6.45, 7) is 1.58. The molecule has 0 amide bonds. The van der Waals surface area contributed by atoms with Crippen molar-refractivity contribution in [2.45, 2.75) is 25.5 Å². The average molecular weight is 313 g/mol. The van der Waals surface area contributed by atoms with Gasteiger partial charge in [-0.3, -0.25) is 10.1 Å². The molecule has 1 aliphatic rings. The van der Waals surface area contributed by atoms with Crippen LogP contribution in [0.2, 0.25) is 5.02 Å². The molecular weight excluding hydrogens is 296 g/mol. The van der Waals surface area contributed by atoms with Gasteiger partial charge in [-0.2, -0.15) is 0 Å². The summed E-state index contributed by atoms with van der Waals surface area (Å²) in [5.41, 5.74) is 6.30. The molecule has 0 aromatic heterocycles. The van der Waals surface area contributed by atoms with Crippen molar-refractivity contribution in [3.8, 4) is 0 Å². The Morgan fingerprint density at radius 2 is 2.43 bits per heavy atom. The van der Waals surface area contributed by atoms with Gasteiger partial charge in [-0.05, 0) is 24.5 Å². The minimum absolute atomic E-state index is 0.0181. The quantitative estimate of drug-likeness (QED) is 0.374. The van der Waals surface area contributed by atoms with Gasteiger partial charge >= 0.3 is 0 Å². The molecule has 0 radical (unpaired) electrons. The lowest BCUT2D eigenvalue weighted by atomic mass is 10.2. The SMILES string of the molecule is NC(=NCc1cc([N+](=O)[O-])ccc1Cl)NCC1CCCO1.